The summed E-state index contributed by atoms with van der Waals surface area (Å²) in [7, 11) is 0. The Morgan fingerprint density at radius 1 is 0.386 bits per heavy atom. The van der Waals surface area contributed by atoms with Crippen molar-refractivity contribution in [3.05, 3.63) is 210 Å². The molecule has 0 amide bonds. The molecule has 0 fully saturated rings. The van der Waals surface area contributed by atoms with Gasteiger partial charge in [0.15, 0.2) is 17.5 Å². The van der Waals surface area contributed by atoms with Gasteiger partial charge in [-0.1, -0.05) is 182 Å². The Hall–Kier alpha value is -7.08. The fraction of sp³-hybridized carbons (Fsp3) is 0.0192. The van der Waals surface area contributed by atoms with Crippen LogP contribution in [0.15, 0.2) is 202 Å². The molecule has 8 aromatic carbocycles. The van der Waals surface area contributed by atoms with Crippen LogP contribution in [-0.2, 0) is 5.41 Å². The van der Waals surface area contributed by atoms with Crippen molar-refractivity contribution in [2.45, 2.75) is 15.2 Å². The maximum Gasteiger partial charge on any atom is 0.167 e. The molecule has 0 unspecified atom stereocenters. The molecule has 266 valence electrons. The molecule has 0 bridgehead atoms. The molecule has 0 saturated carbocycles. The van der Waals surface area contributed by atoms with Gasteiger partial charge in [-0.25, -0.2) is 15.0 Å². The zero-order valence-electron chi connectivity index (χ0n) is 30.6. The van der Waals surface area contributed by atoms with Gasteiger partial charge in [0.2, 0.25) is 0 Å². The van der Waals surface area contributed by atoms with Crippen LogP contribution in [-0.4, -0.2) is 15.0 Å². The number of hydrogen-bond donors (Lipinski definition) is 0. The van der Waals surface area contributed by atoms with Gasteiger partial charge in [0.05, 0.1) is 11.0 Å². The van der Waals surface area contributed by atoms with E-state index in [-0.39, 0.29) is 0 Å². The summed E-state index contributed by atoms with van der Waals surface area (Å²) in [6.45, 7) is 0. The van der Waals surface area contributed by atoms with Crippen LogP contribution in [0.5, 0.6) is 0 Å². The first kappa shape index (κ1) is 32.2. The van der Waals surface area contributed by atoms with Crippen molar-refractivity contribution in [3.8, 4) is 56.4 Å². The minimum absolute atomic E-state index is 0.469. The van der Waals surface area contributed by atoms with Crippen molar-refractivity contribution in [2.75, 3.05) is 0 Å². The molecule has 2 aromatic heterocycles. The van der Waals surface area contributed by atoms with Gasteiger partial charge in [-0.3, -0.25) is 0 Å². The summed E-state index contributed by atoms with van der Waals surface area (Å²) >= 11 is 1.84. The van der Waals surface area contributed by atoms with Gasteiger partial charge in [-0.2, -0.15) is 0 Å². The number of nitrogens with zero attached hydrogens (tertiary/aromatic N) is 3. The summed E-state index contributed by atoms with van der Waals surface area (Å²) in [4.78, 5) is 17.8. The summed E-state index contributed by atoms with van der Waals surface area (Å²) in [5, 5.41) is 2.15. The second kappa shape index (κ2) is 12.5. The van der Waals surface area contributed by atoms with Crippen molar-refractivity contribution in [1.82, 2.24) is 15.0 Å². The van der Waals surface area contributed by atoms with Gasteiger partial charge in [-0.15, -0.1) is 0 Å². The van der Waals surface area contributed by atoms with Crippen LogP contribution in [0.2, 0.25) is 0 Å². The Morgan fingerprint density at radius 2 is 0.912 bits per heavy atom. The van der Waals surface area contributed by atoms with E-state index in [1.165, 1.54) is 43.2 Å². The van der Waals surface area contributed by atoms with Gasteiger partial charge in [0.1, 0.15) is 11.2 Å². The molecule has 2 aliphatic rings. The number of para-hydroxylation sites is 1. The minimum Gasteiger partial charge on any atom is -0.455 e. The van der Waals surface area contributed by atoms with Crippen LogP contribution in [0.1, 0.15) is 22.3 Å². The van der Waals surface area contributed by atoms with E-state index >= 15 is 0 Å². The molecular formula is C52H31N3OS. The molecule has 1 spiro atoms. The number of hydrogen-bond acceptors (Lipinski definition) is 5. The van der Waals surface area contributed by atoms with Crippen molar-refractivity contribution >= 4 is 33.7 Å². The average Bonchev–Trinajstić information content (AvgIpc) is 3.82. The molecule has 0 radical (unpaired) electrons. The standard InChI is InChI=1S/C52H31N3OS/c1-3-14-32(15-4-1)33-26-28-35(29-27-33)50-53-49(34-16-5-2-6-17-34)54-51(55-50)39-21-13-20-38-46-44(56-47(38)39)31-30-43-48(46)57-45-25-12-11-24-42(45)52(43)40-22-9-7-18-36(40)37-19-8-10-23-41(37)52/h1-31H. The number of rotatable bonds is 4. The fourth-order valence-electron chi connectivity index (χ4n) is 9.16. The van der Waals surface area contributed by atoms with Crippen LogP contribution in [0.3, 0.4) is 0 Å². The predicted molar refractivity (Wildman–Crippen MR) is 230 cm³/mol. The van der Waals surface area contributed by atoms with E-state index in [2.05, 4.69) is 152 Å². The quantitative estimate of drug-likeness (QED) is 0.180. The van der Waals surface area contributed by atoms with E-state index < -0.39 is 5.41 Å². The molecule has 12 rings (SSSR count). The van der Waals surface area contributed by atoms with Crippen LogP contribution < -0.4 is 0 Å². The Morgan fingerprint density at radius 3 is 1.61 bits per heavy atom. The van der Waals surface area contributed by atoms with Crippen molar-refractivity contribution in [3.63, 3.8) is 0 Å². The third-order valence-electron chi connectivity index (χ3n) is 11.6. The van der Waals surface area contributed by atoms with Crippen LogP contribution in [0, 0.1) is 0 Å². The first-order valence-electron chi connectivity index (χ1n) is 19.2. The van der Waals surface area contributed by atoms with Crippen molar-refractivity contribution < 1.29 is 4.42 Å². The maximum atomic E-state index is 6.92. The minimum atomic E-state index is -0.469. The maximum absolute atomic E-state index is 6.92. The highest BCUT2D eigenvalue weighted by atomic mass is 32.2. The molecule has 0 saturated heterocycles. The SMILES string of the molecule is c1ccc(-c2ccc(-c3nc(-c4ccccc4)nc(-c4cccc5c4oc4ccc6c(c45)Sc4ccccc4C64c5ccccc5-c5ccccc54)n3)cc2)cc1. The fourth-order valence-corrected chi connectivity index (χ4v) is 10.5. The van der Waals surface area contributed by atoms with Crippen LogP contribution in [0.25, 0.3) is 78.4 Å². The molecule has 1 aliphatic carbocycles. The topological polar surface area (TPSA) is 51.8 Å². The van der Waals surface area contributed by atoms with E-state index in [0.717, 1.165) is 49.8 Å². The number of fused-ring (bicyclic) bond motifs is 13. The lowest BCUT2D eigenvalue weighted by molar-refractivity contribution is 0.666. The van der Waals surface area contributed by atoms with Crippen molar-refractivity contribution in [1.29, 1.82) is 0 Å². The smallest absolute Gasteiger partial charge is 0.167 e. The molecule has 10 aromatic rings. The zero-order valence-corrected chi connectivity index (χ0v) is 31.4. The van der Waals surface area contributed by atoms with Gasteiger partial charge >= 0.3 is 0 Å². The van der Waals surface area contributed by atoms with E-state index in [4.69, 9.17) is 19.4 Å². The van der Waals surface area contributed by atoms with E-state index in [0.29, 0.717) is 17.5 Å². The second-order valence-electron chi connectivity index (χ2n) is 14.7. The lowest BCUT2D eigenvalue weighted by atomic mass is 9.67. The molecule has 4 nitrogen and oxygen atoms in total. The third-order valence-corrected chi connectivity index (χ3v) is 12.8. The van der Waals surface area contributed by atoms with Crippen LogP contribution >= 0.6 is 11.8 Å². The highest BCUT2D eigenvalue weighted by molar-refractivity contribution is 7.99. The van der Waals surface area contributed by atoms with Gasteiger partial charge < -0.3 is 4.42 Å². The van der Waals surface area contributed by atoms with Gasteiger partial charge in [0.25, 0.3) is 0 Å². The lowest BCUT2D eigenvalue weighted by Crippen LogP contribution is -2.31. The van der Waals surface area contributed by atoms with Crippen molar-refractivity contribution in [2.24, 2.45) is 0 Å². The first-order chi connectivity index (χ1) is 28.3. The Balaban J connectivity index is 1.08. The Bertz CT molecular complexity index is 3160. The normalized spacial score (nSPS) is 13.3. The Labute approximate surface area is 333 Å². The summed E-state index contributed by atoms with van der Waals surface area (Å²) in [5.41, 5.74) is 13.9. The van der Waals surface area contributed by atoms with E-state index in [9.17, 15) is 0 Å². The van der Waals surface area contributed by atoms with Gasteiger partial charge in [-0.05, 0) is 62.7 Å². The highest BCUT2D eigenvalue weighted by Gasteiger charge is 2.50. The predicted octanol–water partition coefficient (Wildman–Crippen LogP) is 13.3. The molecule has 0 atom stereocenters. The number of benzene rings is 8. The molecule has 57 heavy (non-hydrogen) atoms. The molecular weight excluding hydrogens is 715 g/mol. The third kappa shape index (κ3) is 4.73. The largest absolute Gasteiger partial charge is 0.455 e. The summed E-state index contributed by atoms with van der Waals surface area (Å²) in [6, 6.07) is 66.5. The molecule has 0 N–H and O–H groups in total. The van der Waals surface area contributed by atoms with E-state index in [1.54, 1.807) is 0 Å². The number of aromatic nitrogens is 3. The second-order valence-corrected chi connectivity index (χ2v) is 15.7. The van der Waals surface area contributed by atoms with Gasteiger partial charge in [0, 0.05) is 31.7 Å². The molecule has 5 heteroatoms. The number of furan rings is 1. The molecule has 1 aliphatic heterocycles. The summed E-state index contributed by atoms with van der Waals surface area (Å²) < 4.78 is 6.92. The highest BCUT2D eigenvalue weighted by Crippen LogP contribution is 2.63. The molecule has 3 heterocycles. The lowest BCUT2D eigenvalue weighted by Gasteiger charge is -2.39. The summed E-state index contributed by atoms with van der Waals surface area (Å²) in [6.07, 6.45) is 0. The zero-order chi connectivity index (χ0) is 37.5. The summed E-state index contributed by atoms with van der Waals surface area (Å²) in [5.74, 6) is 1.79. The van der Waals surface area contributed by atoms with E-state index in [1.807, 2.05) is 48.2 Å². The Kier molecular flexibility index (Phi) is 7.04. The monoisotopic (exact) mass is 745 g/mol. The van der Waals surface area contributed by atoms with Crippen LogP contribution in [0.4, 0.5) is 0 Å². The average molecular weight is 746 g/mol. The first-order valence-corrected chi connectivity index (χ1v) is 20.0.